The van der Waals surface area contributed by atoms with Gasteiger partial charge in [-0.15, -0.1) is 11.3 Å². The van der Waals surface area contributed by atoms with Gasteiger partial charge in [0.1, 0.15) is 5.69 Å². The Balaban J connectivity index is 2.22. The Morgan fingerprint density at radius 2 is 1.86 bits per heavy atom. The smallest absolute Gasteiger partial charge is 0.136 e. The Morgan fingerprint density at radius 1 is 1.10 bits per heavy atom. The van der Waals surface area contributed by atoms with Gasteiger partial charge < -0.3 is 15.6 Å². The molecule has 3 rings (SSSR count). The van der Waals surface area contributed by atoms with E-state index in [1.165, 1.54) is 6.07 Å². The van der Waals surface area contributed by atoms with Crippen LogP contribution in [0.5, 0.6) is 0 Å². The lowest BCUT2D eigenvalue weighted by atomic mass is 10.0. The average molecular weight is 295 g/mol. The number of nitriles is 1. The summed E-state index contributed by atoms with van der Waals surface area (Å²) < 4.78 is 0.976. The van der Waals surface area contributed by atoms with Gasteiger partial charge in [-0.3, -0.25) is 0 Å². The maximum Gasteiger partial charge on any atom is 0.136 e. The largest absolute Gasteiger partial charge is 0.628 e. The predicted octanol–water partition coefficient (Wildman–Crippen LogP) is 3.15. The van der Waals surface area contributed by atoms with Gasteiger partial charge in [-0.2, -0.15) is 5.26 Å². The van der Waals surface area contributed by atoms with Crippen LogP contribution in [0.15, 0.2) is 48.5 Å². The zero-order valence-electron chi connectivity index (χ0n) is 11.0. The van der Waals surface area contributed by atoms with E-state index in [0.29, 0.717) is 5.56 Å². The van der Waals surface area contributed by atoms with Crippen LogP contribution >= 0.6 is 11.3 Å². The van der Waals surface area contributed by atoms with Crippen molar-refractivity contribution in [3.63, 3.8) is 0 Å². The minimum atomic E-state index is -1.24. The molecule has 4 nitrogen and oxygen atoms in total. The maximum atomic E-state index is 11.2. The second kappa shape index (κ2) is 5.64. The number of rotatable bonds is 3. The summed E-state index contributed by atoms with van der Waals surface area (Å²) in [4.78, 5) is 1.06. The van der Waals surface area contributed by atoms with E-state index >= 15 is 0 Å². The van der Waals surface area contributed by atoms with Gasteiger partial charge in [0, 0.05) is 26.6 Å². The molecule has 21 heavy (non-hydrogen) atoms. The number of benzene rings is 2. The molecule has 0 aliphatic heterocycles. The number of nitrogens with zero attached hydrogens (tertiary/aromatic N) is 1. The summed E-state index contributed by atoms with van der Waals surface area (Å²) >= 11 is 1.59. The van der Waals surface area contributed by atoms with Crippen LogP contribution in [0.4, 0.5) is 5.69 Å². The monoisotopic (exact) mass is 295 g/mol. The van der Waals surface area contributed by atoms with Gasteiger partial charge in [0.05, 0.1) is 12.5 Å². The zero-order chi connectivity index (χ0) is 14.8. The quantitative estimate of drug-likeness (QED) is 0.754. The number of fused-ring (bicyclic) bond motifs is 1. The number of hydrogen-bond acceptors (Lipinski definition) is 4. The highest BCUT2D eigenvalue weighted by molar-refractivity contribution is 7.22. The molecule has 0 radical (unpaired) electrons. The molecule has 1 N–H and O–H groups in total. The third-order valence-corrected chi connectivity index (χ3v) is 4.50. The lowest BCUT2D eigenvalue weighted by Gasteiger charge is -2.26. The molecule has 5 heteroatoms. The second-order valence-electron chi connectivity index (χ2n) is 4.60. The van der Waals surface area contributed by atoms with E-state index in [4.69, 9.17) is 5.26 Å². The molecule has 0 saturated heterocycles. The Morgan fingerprint density at radius 3 is 2.52 bits per heavy atom. The van der Waals surface area contributed by atoms with E-state index in [2.05, 4.69) is 0 Å². The molecule has 0 aliphatic carbocycles. The van der Waals surface area contributed by atoms with Crippen molar-refractivity contribution in [2.75, 3.05) is 0 Å². The van der Waals surface area contributed by atoms with E-state index in [0.717, 1.165) is 20.5 Å². The molecule has 0 saturated carbocycles. The van der Waals surface area contributed by atoms with Crippen molar-refractivity contribution in [2.24, 2.45) is 0 Å². The van der Waals surface area contributed by atoms with Crippen LogP contribution in [0.2, 0.25) is 0 Å². The molecule has 0 amide bonds. The standard InChI is InChI=1S/C16H11N2O2S/c17-9-8-12-13-10-16(11-4-2-1-3-5-11)21-15(13)7-6-14(12)18(19)20/h1-7,10,18H,8H2/q-1. The van der Waals surface area contributed by atoms with Crippen molar-refractivity contribution in [1.29, 1.82) is 5.26 Å². The SMILES string of the molecule is N#CCc1c([NH+]([O-])[O-])ccc2sc(-c3ccccc3)cc12. The van der Waals surface area contributed by atoms with Crippen LogP contribution in [0.25, 0.3) is 20.5 Å². The summed E-state index contributed by atoms with van der Waals surface area (Å²) in [6.07, 6.45) is 0.0611. The summed E-state index contributed by atoms with van der Waals surface area (Å²) in [6, 6.07) is 17.2. The normalized spacial score (nSPS) is 11.0. The lowest BCUT2D eigenvalue weighted by Crippen LogP contribution is -2.96. The van der Waals surface area contributed by atoms with E-state index in [1.54, 1.807) is 17.4 Å². The van der Waals surface area contributed by atoms with Crippen LogP contribution in [0, 0.1) is 21.7 Å². The topological polar surface area (TPSA) is 74.3 Å². The third kappa shape index (κ3) is 2.53. The molecule has 0 fully saturated rings. The first kappa shape index (κ1) is 13.7. The Hall–Kier alpha value is -2.23. The highest BCUT2D eigenvalue weighted by Gasteiger charge is 2.13. The molecule has 104 valence electrons. The molecular weight excluding hydrogens is 284 g/mol. The summed E-state index contributed by atoms with van der Waals surface area (Å²) in [7, 11) is 0. The van der Waals surface area contributed by atoms with Crippen LogP contribution in [-0.2, 0) is 6.42 Å². The van der Waals surface area contributed by atoms with E-state index in [-0.39, 0.29) is 12.1 Å². The number of hydrogen-bond donors (Lipinski definition) is 1. The Bertz CT molecular complexity index is 819. The molecule has 0 unspecified atom stereocenters. The van der Waals surface area contributed by atoms with Gasteiger partial charge in [0.25, 0.3) is 0 Å². The van der Waals surface area contributed by atoms with E-state index in [1.807, 2.05) is 42.5 Å². The van der Waals surface area contributed by atoms with Gasteiger partial charge in [0.2, 0.25) is 0 Å². The number of nitrogens with one attached hydrogen (secondary N) is 1. The molecule has 0 aliphatic rings. The first-order valence-corrected chi connectivity index (χ1v) is 7.21. The minimum absolute atomic E-state index is 0.0611. The summed E-state index contributed by atoms with van der Waals surface area (Å²) in [5.74, 6) is 0. The van der Waals surface area contributed by atoms with Crippen molar-refractivity contribution in [3.8, 4) is 16.5 Å². The van der Waals surface area contributed by atoms with Crippen molar-refractivity contribution < 1.29 is 5.23 Å². The number of quaternary nitrogens is 1. The highest BCUT2D eigenvalue weighted by atomic mass is 32.1. The average Bonchev–Trinajstić information content (AvgIpc) is 2.93. The molecule has 1 heterocycles. The van der Waals surface area contributed by atoms with Crippen molar-refractivity contribution in [2.45, 2.75) is 6.42 Å². The third-order valence-electron chi connectivity index (χ3n) is 3.35. The summed E-state index contributed by atoms with van der Waals surface area (Å²) in [5, 5.41) is 30.9. The van der Waals surface area contributed by atoms with Gasteiger partial charge in [-0.1, -0.05) is 30.3 Å². The first-order valence-electron chi connectivity index (χ1n) is 6.40. The number of thiophene rings is 1. The highest BCUT2D eigenvalue weighted by Crippen LogP contribution is 2.37. The Kier molecular flexibility index (Phi) is 3.69. The molecule has 0 bridgehead atoms. The fraction of sp³-hybridized carbons (Fsp3) is 0.0625. The lowest BCUT2D eigenvalue weighted by molar-refractivity contribution is -0.715. The maximum absolute atomic E-state index is 11.2. The molecular formula is C16H11N2O2S-. The molecule has 1 aromatic heterocycles. The van der Waals surface area contributed by atoms with Gasteiger partial charge >= 0.3 is 0 Å². The van der Waals surface area contributed by atoms with Gasteiger partial charge in [-0.25, -0.2) is 0 Å². The van der Waals surface area contributed by atoms with Crippen LogP contribution < -0.4 is 5.23 Å². The fourth-order valence-electron chi connectivity index (χ4n) is 2.37. The predicted molar refractivity (Wildman–Crippen MR) is 83.9 cm³/mol. The van der Waals surface area contributed by atoms with E-state index in [9.17, 15) is 10.4 Å². The minimum Gasteiger partial charge on any atom is -0.628 e. The van der Waals surface area contributed by atoms with Gasteiger partial charge in [0.15, 0.2) is 0 Å². The fourth-order valence-corrected chi connectivity index (χ4v) is 3.47. The first-order chi connectivity index (χ1) is 10.2. The molecule has 0 spiro atoms. The molecule has 0 atom stereocenters. The van der Waals surface area contributed by atoms with Gasteiger partial charge in [-0.05, 0) is 17.7 Å². The van der Waals surface area contributed by atoms with Crippen LogP contribution in [0.1, 0.15) is 5.56 Å². The van der Waals surface area contributed by atoms with Crippen molar-refractivity contribution in [1.82, 2.24) is 0 Å². The van der Waals surface area contributed by atoms with Crippen LogP contribution in [-0.4, -0.2) is 0 Å². The zero-order valence-corrected chi connectivity index (χ0v) is 11.8. The van der Waals surface area contributed by atoms with Crippen molar-refractivity contribution in [3.05, 3.63) is 64.5 Å². The second-order valence-corrected chi connectivity index (χ2v) is 5.69. The summed E-state index contributed by atoms with van der Waals surface area (Å²) in [5.41, 5.74) is 1.71. The Labute approximate surface area is 125 Å². The van der Waals surface area contributed by atoms with Crippen LogP contribution in [0.3, 0.4) is 0 Å². The summed E-state index contributed by atoms with van der Waals surface area (Å²) in [6.45, 7) is 0. The van der Waals surface area contributed by atoms with E-state index < -0.39 is 5.23 Å². The van der Waals surface area contributed by atoms with Crippen molar-refractivity contribution >= 4 is 27.1 Å². The molecule has 3 aromatic rings. The molecule has 2 aromatic carbocycles.